The molecule has 4 nitrogen and oxygen atoms in total. The van der Waals surface area contributed by atoms with Gasteiger partial charge in [0, 0.05) is 15.4 Å². The summed E-state index contributed by atoms with van der Waals surface area (Å²) in [6, 6.07) is 14.0. The number of carbonyl (C=O) groups excluding carboxylic acids is 2. The minimum absolute atomic E-state index is 0.320. The van der Waals surface area contributed by atoms with E-state index >= 15 is 0 Å². The number of hydrogen-bond acceptors (Lipinski definition) is 4. The third kappa shape index (κ3) is 6.25. The maximum atomic E-state index is 12.2. The molecule has 0 aliphatic carbocycles. The lowest BCUT2D eigenvalue weighted by atomic mass is 10.1. The van der Waals surface area contributed by atoms with Crippen LogP contribution in [-0.2, 0) is 9.47 Å². The summed E-state index contributed by atoms with van der Waals surface area (Å²) in [4.78, 5) is 24.4. The fourth-order valence-corrected chi connectivity index (χ4v) is 2.89. The molecule has 0 aromatic heterocycles. The van der Waals surface area contributed by atoms with Crippen molar-refractivity contribution in [1.82, 2.24) is 0 Å². The first-order chi connectivity index (χ1) is 12.4. The van der Waals surface area contributed by atoms with Gasteiger partial charge < -0.3 is 9.47 Å². The highest BCUT2D eigenvalue weighted by atomic mass is 79.9. The molecule has 0 saturated carbocycles. The molecule has 0 amide bonds. The van der Waals surface area contributed by atoms with Crippen molar-refractivity contribution in [2.45, 2.75) is 38.9 Å². The quantitative estimate of drug-likeness (QED) is 0.468. The van der Waals surface area contributed by atoms with Crippen molar-refractivity contribution in [3.05, 3.63) is 68.6 Å². The number of hydrogen-bond donors (Lipinski definition) is 0. The van der Waals surface area contributed by atoms with E-state index in [1.807, 2.05) is 6.92 Å². The lowest BCUT2D eigenvalue weighted by Crippen LogP contribution is -2.25. The van der Waals surface area contributed by atoms with Gasteiger partial charge in [-0.15, -0.1) is 0 Å². The fourth-order valence-electron chi connectivity index (χ4n) is 2.36. The average molecular weight is 484 g/mol. The summed E-state index contributed by atoms with van der Waals surface area (Å²) in [7, 11) is 0. The summed E-state index contributed by atoms with van der Waals surface area (Å²) in [5, 5.41) is 0. The highest BCUT2D eigenvalue weighted by Crippen LogP contribution is 2.17. The largest absolute Gasteiger partial charge is 0.459 e. The summed E-state index contributed by atoms with van der Waals surface area (Å²) < 4.78 is 12.8. The van der Waals surface area contributed by atoms with Crippen molar-refractivity contribution < 1.29 is 19.1 Å². The molecule has 0 radical (unpaired) electrons. The summed E-state index contributed by atoms with van der Waals surface area (Å²) in [5.74, 6) is -0.769. The van der Waals surface area contributed by atoms with Crippen LogP contribution in [0.3, 0.4) is 0 Å². The Morgan fingerprint density at radius 1 is 0.846 bits per heavy atom. The van der Waals surface area contributed by atoms with Gasteiger partial charge in [0.1, 0.15) is 12.2 Å². The Kier molecular flexibility index (Phi) is 7.85. The zero-order chi connectivity index (χ0) is 19.1. The molecule has 26 heavy (non-hydrogen) atoms. The van der Waals surface area contributed by atoms with Gasteiger partial charge >= 0.3 is 11.9 Å². The molecule has 6 heteroatoms. The lowest BCUT2D eigenvalue weighted by molar-refractivity contribution is 0.00281. The van der Waals surface area contributed by atoms with Crippen LogP contribution in [0.25, 0.3) is 0 Å². The monoisotopic (exact) mass is 482 g/mol. The van der Waals surface area contributed by atoms with Crippen molar-refractivity contribution in [1.29, 1.82) is 0 Å². The number of carbonyl (C=O) groups is 2. The Morgan fingerprint density at radius 2 is 1.27 bits per heavy atom. The first-order valence-electron chi connectivity index (χ1n) is 8.32. The zero-order valence-electron chi connectivity index (χ0n) is 14.6. The Labute approximate surface area is 170 Å². The summed E-state index contributed by atoms with van der Waals surface area (Å²) in [6.45, 7) is 3.73. The molecule has 0 unspecified atom stereocenters. The van der Waals surface area contributed by atoms with Crippen molar-refractivity contribution in [3.63, 3.8) is 0 Å². The molecule has 0 aliphatic heterocycles. The van der Waals surface area contributed by atoms with Gasteiger partial charge in [-0.25, -0.2) is 9.59 Å². The van der Waals surface area contributed by atoms with E-state index in [0.717, 1.165) is 8.95 Å². The van der Waals surface area contributed by atoms with Crippen molar-refractivity contribution in [2.24, 2.45) is 0 Å². The van der Waals surface area contributed by atoms with Crippen LogP contribution >= 0.6 is 31.9 Å². The van der Waals surface area contributed by atoms with Crippen molar-refractivity contribution in [2.75, 3.05) is 0 Å². The summed E-state index contributed by atoms with van der Waals surface area (Å²) in [6.07, 6.45) is 0.399. The van der Waals surface area contributed by atoms with Gasteiger partial charge in [-0.1, -0.05) is 38.8 Å². The molecule has 2 aromatic rings. The Bertz CT molecular complexity index is 741. The molecule has 138 valence electrons. The third-order valence-electron chi connectivity index (χ3n) is 3.79. The highest BCUT2D eigenvalue weighted by molar-refractivity contribution is 9.10. The van der Waals surface area contributed by atoms with Gasteiger partial charge in [-0.2, -0.15) is 0 Å². The molecular formula is C20H20Br2O4. The molecule has 0 bridgehead atoms. The molecule has 0 heterocycles. The number of benzene rings is 2. The van der Waals surface area contributed by atoms with Crippen LogP contribution in [-0.4, -0.2) is 24.1 Å². The van der Waals surface area contributed by atoms with Crippen molar-refractivity contribution in [3.8, 4) is 0 Å². The van der Waals surface area contributed by atoms with Crippen LogP contribution < -0.4 is 0 Å². The van der Waals surface area contributed by atoms with Gasteiger partial charge in [-0.05, 0) is 61.9 Å². The summed E-state index contributed by atoms with van der Waals surface area (Å²) in [5.41, 5.74) is 0.978. The topological polar surface area (TPSA) is 52.6 Å². The van der Waals surface area contributed by atoms with Gasteiger partial charge in [0.15, 0.2) is 0 Å². The van der Waals surface area contributed by atoms with Crippen molar-refractivity contribution >= 4 is 43.8 Å². The van der Waals surface area contributed by atoms with Gasteiger partial charge in [-0.3, -0.25) is 0 Å². The molecule has 0 aliphatic rings. The second kappa shape index (κ2) is 9.88. The normalized spacial score (nSPS) is 12.9. The second-order valence-corrected chi connectivity index (χ2v) is 7.73. The van der Waals surface area contributed by atoms with Gasteiger partial charge in [0.2, 0.25) is 0 Å². The second-order valence-electron chi connectivity index (χ2n) is 5.90. The van der Waals surface area contributed by atoms with Crippen LogP contribution in [0, 0.1) is 0 Å². The Morgan fingerprint density at radius 3 is 1.69 bits per heavy atom. The van der Waals surface area contributed by atoms with Crippen LogP contribution in [0.4, 0.5) is 0 Å². The molecule has 2 aromatic carbocycles. The number of rotatable bonds is 7. The van der Waals surface area contributed by atoms with E-state index < -0.39 is 0 Å². The van der Waals surface area contributed by atoms with E-state index in [-0.39, 0.29) is 24.1 Å². The maximum absolute atomic E-state index is 12.2. The standard InChI is InChI=1S/C20H20Br2O4/c1-3-18(26-20(24)15-6-10-17(22)11-7-15)12-13(2)25-19(23)14-4-8-16(21)9-5-14/h4-11,13,18H,3,12H2,1-2H3/t13-,18-/m0/s1. The number of halogens is 2. The molecular weight excluding hydrogens is 464 g/mol. The van der Waals surface area contributed by atoms with E-state index in [2.05, 4.69) is 31.9 Å². The smallest absolute Gasteiger partial charge is 0.338 e. The SMILES string of the molecule is CC[C@@H](C[C@H](C)OC(=O)c1ccc(Br)cc1)OC(=O)c1ccc(Br)cc1. The molecule has 2 rings (SSSR count). The first kappa shape index (κ1) is 20.6. The Balaban J connectivity index is 1.89. The maximum Gasteiger partial charge on any atom is 0.338 e. The zero-order valence-corrected chi connectivity index (χ0v) is 17.7. The van der Waals surface area contributed by atoms with Gasteiger partial charge in [0.25, 0.3) is 0 Å². The first-order valence-corrected chi connectivity index (χ1v) is 9.90. The number of ether oxygens (including phenoxy) is 2. The van der Waals surface area contributed by atoms with Crippen LogP contribution in [0.5, 0.6) is 0 Å². The number of esters is 2. The van der Waals surface area contributed by atoms with E-state index in [1.54, 1.807) is 55.5 Å². The predicted octanol–water partition coefficient (Wildman–Crippen LogP) is 5.78. The lowest BCUT2D eigenvalue weighted by Gasteiger charge is -2.20. The van der Waals surface area contributed by atoms with Crippen LogP contribution in [0.1, 0.15) is 47.4 Å². The molecule has 2 atom stereocenters. The molecule has 0 N–H and O–H groups in total. The molecule has 0 saturated heterocycles. The van der Waals surface area contributed by atoms with Crippen LogP contribution in [0.2, 0.25) is 0 Å². The average Bonchev–Trinajstić information content (AvgIpc) is 2.62. The minimum Gasteiger partial charge on any atom is -0.459 e. The van der Waals surface area contributed by atoms with Gasteiger partial charge in [0.05, 0.1) is 11.1 Å². The Hall–Kier alpha value is -1.66. The fraction of sp³-hybridized carbons (Fsp3) is 0.300. The minimum atomic E-state index is -0.390. The van der Waals surface area contributed by atoms with E-state index in [0.29, 0.717) is 24.0 Å². The predicted molar refractivity (Wildman–Crippen MR) is 107 cm³/mol. The molecule has 0 fully saturated rings. The van der Waals surface area contributed by atoms with E-state index in [1.165, 1.54) is 0 Å². The van der Waals surface area contributed by atoms with Crippen LogP contribution in [0.15, 0.2) is 57.5 Å². The summed E-state index contributed by atoms with van der Waals surface area (Å²) >= 11 is 6.66. The van der Waals surface area contributed by atoms with E-state index in [4.69, 9.17) is 9.47 Å². The van der Waals surface area contributed by atoms with E-state index in [9.17, 15) is 9.59 Å². The molecule has 0 spiro atoms. The third-order valence-corrected chi connectivity index (χ3v) is 4.85. The highest BCUT2D eigenvalue weighted by Gasteiger charge is 2.20.